The van der Waals surface area contributed by atoms with Crippen molar-refractivity contribution in [3.63, 3.8) is 0 Å². The number of thioether (sulfide) groups is 1. The van der Waals surface area contributed by atoms with Crippen LogP contribution in [0.25, 0.3) is 0 Å². The van der Waals surface area contributed by atoms with Gasteiger partial charge in [-0.05, 0) is 29.8 Å². The fraction of sp³-hybridized carbons (Fsp3) is 0.167. The second-order valence-electron chi connectivity index (χ2n) is 5.47. The van der Waals surface area contributed by atoms with Gasteiger partial charge in [-0.2, -0.15) is 5.10 Å². The van der Waals surface area contributed by atoms with Gasteiger partial charge in [-0.3, -0.25) is 9.69 Å². The van der Waals surface area contributed by atoms with Gasteiger partial charge in [0, 0.05) is 19.8 Å². The Balaban J connectivity index is 1.76. The summed E-state index contributed by atoms with van der Waals surface area (Å²) in [6.45, 7) is 0. The molecule has 1 aliphatic rings. The third-order valence-corrected chi connectivity index (χ3v) is 4.45. The van der Waals surface area contributed by atoms with Crippen molar-refractivity contribution in [1.29, 1.82) is 0 Å². The molecule has 3 rings (SSSR count). The maximum atomic E-state index is 12.1. The summed E-state index contributed by atoms with van der Waals surface area (Å²) in [6.07, 6.45) is 1.69. The minimum atomic E-state index is 0.0236. The molecule has 5 nitrogen and oxygen atoms in total. The monoisotopic (exact) mass is 338 g/mol. The Hall–Kier alpha value is -2.60. The van der Waals surface area contributed by atoms with Gasteiger partial charge in [-0.25, -0.2) is 0 Å². The number of nitrogens with zero attached hydrogens (tertiary/aromatic N) is 4. The van der Waals surface area contributed by atoms with E-state index in [0.29, 0.717) is 10.9 Å². The number of hydrogen-bond acceptors (Lipinski definition) is 5. The molecule has 0 radical (unpaired) electrons. The minimum absolute atomic E-state index is 0.0236. The lowest BCUT2D eigenvalue weighted by Gasteiger charge is -2.14. The first-order valence-corrected chi connectivity index (χ1v) is 8.53. The Morgan fingerprint density at radius 1 is 1.08 bits per heavy atom. The summed E-state index contributed by atoms with van der Waals surface area (Å²) in [7, 11) is 4.00. The number of rotatable bonds is 4. The van der Waals surface area contributed by atoms with E-state index in [-0.39, 0.29) is 5.91 Å². The van der Waals surface area contributed by atoms with Gasteiger partial charge in [0.2, 0.25) is 5.91 Å². The molecule has 1 amide bonds. The SMILES string of the molecule is CN(C)c1ccc(/C=N\N=C2\SCC(=O)N2c2ccccc2)cc1. The average Bonchev–Trinajstić information content (AvgIpc) is 2.97. The second kappa shape index (κ2) is 7.31. The number of anilines is 2. The largest absolute Gasteiger partial charge is 0.378 e. The van der Waals surface area contributed by atoms with Crippen LogP contribution in [-0.4, -0.2) is 37.1 Å². The molecule has 6 heteroatoms. The summed E-state index contributed by atoms with van der Waals surface area (Å²) in [5.74, 6) is 0.413. The Kier molecular flexibility index (Phi) is 4.96. The first kappa shape index (κ1) is 16.3. The summed E-state index contributed by atoms with van der Waals surface area (Å²) in [5.41, 5.74) is 2.91. The highest BCUT2D eigenvalue weighted by Gasteiger charge is 2.29. The van der Waals surface area contributed by atoms with Gasteiger partial charge < -0.3 is 4.90 Å². The molecule has 122 valence electrons. The van der Waals surface area contributed by atoms with Crippen LogP contribution < -0.4 is 9.80 Å². The lowest BCUT2D eigenvalue weighted by atomic mass is 10.2. The lowest BCUT2D eigenvalue weighted by molar-refractivity contribution is -0.115. The van der Waals surface area contributed by atoms with Crippen LogP contribution in [0.2, 0.25) is 0 Å². The van der Waals surface area contributed by atoms with Gasteiger partial charge in [0.15, 0.2) is 5.17 Å². The Labute approximate surface area is 145 Å². The average molecular weight is 338 g/mol. The molecule has 0 spiro atoms. The number of amidine groups is 1. The molecule has 1 aliphatic heterocycles. The van der Waals surface area contributed by atoms with Crippen LogP contribution in [0.4, 0.5) is 11.4 Å². The third-order valence-electron chi connectivity index (χ3n) is 3.54. The summed E-state index contributed by atoms with van der Waals surface area (Å²) >= 11 is 1.40. The van der Waals surface area contributed by atoms with E-state index in [9.17, 15) is 4.79 Å². The molecule has 2 aromatic rings. The van der Waals surface area contributed by atoms with Crippen molar-refractivity contribution < 1.29 is 4.79 Å². The van der Waals surface area contributed by atoms with Crippen LogP contribution >= 0.6 is 11.8 Å². The van der Waals surface area contributed by atoms with E-state index in [0.717, 1.165) is 16.9 Å². The van der Waals surface area contributed by atoms with Crippen molar-refractivity contribution in [3.05, 3.63) is 60.2 Å². The number of hydrogen-bond donors (Lipinski definition) is 0. The molecule has 0 aromatic heterocycles. The van der Waals surface area contributed by atoms with Crippen LogP contribution in [0, 0.1) is 0 Å². The quantitative estimate of drug-likeness (QED) is 0.635. The van der Waals surface area contributed by atoms with Crippen LogP contribution in [0.3, 0.4) is 0 Å². The highest BCUT2D eigenvalue weighted by atomic mass is 32.2. The number of amides is 1. The molecule has 0 atom stereocenters. The number of carbonyl (C=O) groups excluding carboxylic acids is 1. The van der Waals surface area contributed by atoms with Gasteiger partial charge >= 0.3 is 0 Å². The fourth-order valence-electron chi connectivity index (χ4n) is 2.27. The predicted molar refractivity (Wildman–Crippen MR) is 102 cm³/mol. The first-order valence-electron chi connectivity index (χ1n) is 7.54. The highest BCUT2D eigenvalue weighted by Crippen LogP contribution is 2.26. The van der Waals surface area contributed by atoms with Crippen LogP contribution in [0.5, 0.6) is 0 Å². The maximum Gasteiger partial charge on any atom is 0.243 e. The molecule has 1 saturated heterocycles. The van der Waals surface area contributed by atoms with E-state index in [1.54, 1.807) is 11.1 Å². The molecule has 1 fully saturated rings. The van der Waals surface area contributed by atoms with Crippen LogP contribution in [-0.2, 0) is 4.79 Å². The Morgan fingerprint density at radius 3 is 2.46 bits per heavy atom. The molecule has 0 N–H and O–H groups in total. The van der Waals surface area contributed by atoms with E-state index in [1.807, 2.05) is 73.6 Å². The molecule has 0 bridgehead atoms. The standard InChI is InChI=1S/C18H18N4OS/c1-21(2)15-10-8-14(9-11-15)12-19-20-18-22(17(23)13-24-18)16-6-4-3-5-7-16/h3-12H,13H2,1-2H3/b19-12-,20-18+. The van der Waals surface area contributed by atoms with E-state index in [1.165, 1.54) is 11.8 Å². The lowest BCUT2D eigenvalue weighted by Crippen LogP contribution is -2.28. The maximum absolute atomic E-state index is 12.1. The molecule has 2 aromatic carbocycles. The summed E-state index contributed by atoms with van der Waals surface area (Å²) in [4.78, 5) is 15.7. The van der Waals surface area contributed by atoms with E-state index >= 15 is 0 Å². The zero-order chi connectivity index (χ0) is 16.9. The zero-order valence-corrected chi connectivity index (χ0v) is 14.4. The van der Waals surface area contributed by atoms with Crippen LogP contribution in [0.1, 0.15) is 5.56 Å². The van der Waals surface area contributed by atoms with Crippen molar-refractivity contribution in [1.82, 2.24) is 0 Å². The predicted octanol–water partition coefficient (Wildman–Crippen LogP) is 3.22. The minimum Gasteiger partial charge on any atom is -0.378 e. The van der Waals surface area contributed by atoms with Gasteiger partial charge in [0.05, 0.1) is 17.7 Å². The van der Waals surface area contributed by atoms with Crippen molar-refractivity contribution in [3.8, 4) is 0 Å². The summed E-state index contributed by atoms with van der Waals surface area (Å²) in [5, 5.41) is 8.97. The van der Waals surface area contributed by atoms with Crippen LogP contribution in [0.15, 0.2) is 64.8 Å². The summed E-state index contributed by atoms with van der Waals surface area (Å²) in [6, 6.07) is 17.5. The Bertz CT molecular complexity index is 769. The molecule has 0 aliphatic carbocycles. The van der Waals surface area contributed by atoms with E-state index in [2.05, 4.69) is 10.2 Å². The summed E-state index contributed by atoms with van der Waals surface area (Å²) < 4.78 is 0. The van der Waals surface area contributed by atoms with Gasteiger partial charge in [0.1, 0.15) is 0 Å². The number of benzene rings is 2. The number of carbonyl (C=O) groups is 1. The molecular formula is C18H18N4OS. The van der Waals surface area contributed by atoms with Crippen molar-refractivity contribution >= 4 is 40.4 Å². The van der Waals surface area contributed by atoms with Gasteiger partial charge in [-0.1, -0.05) is 42.1 Å². The molecular weight excluding hydrogens is 320 g/mol. The normalized spacial score (nSPS) is 16.3. The van der Waals surface area contributed by atoms with Crippen molar-refractivity contribution in [2.24, 2.45) is 10.2 Å². The van der Waals surface area contributed by atoms with Gasteiger partial charge in [0.25, 0.3) is 0 Å². The Morgan fingerprint density at radius 2 is 1.79 bits per heavy atom. The van der Waals surface area contributed by atoms with Crippen molar-refractivity contribution in [2.45, 2.75) is 0 Å². The second-order valence-corrected chi connectivity index (χ2v) is 6.41. The zero-order valence-electron chi connectivity index (χ0n) is 13.6. The van der Waals surface area contributed by atoms with Crippen molar-refractivity contribution in [2.75, 3.05) is 29.6 Å². The topological polar surface area (TPSA) is 48.3 Å². The van der Waals surface area contributed by atoms with E-state index < -0.39 is 0 Å². The number of para-hydroxylation sites is 1. The fourth-order valence-corrected chi connectivity index (χ4v) is 3.09. The molecule has 0 unspecified atom stereocenters. The molecule has 1 heterocycles. The third kappa shape index (κ3) is 3.65. The molecule has 24 heavy (non-hydrogen) atoms. The smallest absolute Gasteiger partial charge is 0.243 e. The van der Waals surface area contributed by atoms with E-state index in [4.69, 9.17) is 0 Å². The van der Waals surface area contributed by atoms with Gasteiger partial charge in [-0.15, -0.1) is 5.10 Å². The first-order chi connectivity index (χ1) is 11.6. The highest BCUT2D eigenvalue weighted by molar-refractivity contribution is 8.15. The molecule has 0 saturated carbocycles.